The van der Waals surface area contributed by atoms with E-state index in [4.69, 9.17) is 9.47 Å². The van der Waals surface area contributed by atoms with Gasteiger partial charge in [-0.3, -0.25) is 28.8 Å². The molecule has 6 aromatic rings. The van der Waals surface area contributed by atoms with Crippen LogP contribution in [0.4, 0.5) is 0 Å². The largest absolute Gasteiger partial charge is 0.490 e. The number of benzene rings is 6. The fraction of sp³-hybridized carbons (Fsp3) is 0.167. The van der Waals surface area contributed by atoms with E-state index in [1.165, 1.54) is 13.8 Å². The van der Waals surface area contributed by atoms with E-state index in [1.54, 1.807) is 100 Å². The Balaban J connectivity index is 0.000000192. The number of carbonyl (C=O) groups is 6. The third-order valence-electron chi connectivity index (χ3n) is 8.55. The molecule has 0 aliphatic heterocycles. The average Bonchev–Trinajstić information content (AvgIpc) is 3.20. The highest BCUT2D eigenvalue weighted by Crippen LogP contribution is 2.28. The third-order valence-corrected chi connectivity index (χ3v) is 9.57. The predicted molar refractivity (Wildman–Crippen MR) is 225 cm³/mol. The smallest absolute Gasteiger partial charge is 0.159 e. The molecule has 0 aromatic heterocycles. The van der Waals surface area contributed by atoms with Crippen molar-refractivity contribution >= 4 is 57.2 Å². The van der Waals surface area contributed by atoms with Gasteiger partial charge in [0.2, 0.25) is 0 Å². The van der Waals surface area contributed by atoms with Gasteiger partial charge >= 0.3 is 0 Å². The fourth-order valence-corrected chi connectivity index (χ4v) is 6.04. The summed E-state index contributed by atoms with van der Waals surface area (Å²) in [6.07, 6.45) is 0. The summed E-state index contributed by atoms with van der Waals surface area (Å²) in [4.78, 5) is 69.2. The minimum Gasteiger partial charge on any atom is -0.490 e. The van der Waals surface area contributed by atoms with Gasteiger partial charge in [-0.25, -0.2) is 0 Å². The molecule has 9 heteroatoms. The van der Waals surface area contributed by atoms with Gasteiger partial charge in [0.1, 0.15) is 24.7 Å². The molecule has 0 saturated carbocycles. The molecule has 0 aliphatic carbocycles. The Labute approximate surface area is 337 Å². The normalized spacial score (nSPS) is 10.2. The van der Waals surface area contributed by atoms with Crippen LogP contribution in [-0.2, 0) is 0 Å². The summed E-state index contributed by atoms with van der Waals surface area (Å²) in [6.45, 7) is 10.1. The molecule has 290 valence electrons. The van der Waals surface area contributed by atoms with Crippen LogP contribution in [0.25, 0.3) is 10.8 Å². The molecule has 57 heavy (non-hydrogen) atoms. The van der Waals surface area contributed by atoms with Gasteiger partial charge < -0.3 is 9.47 Å². The van der Waals surface area contributed by atoms with E-state index in [0.717, 1.165) is 31.7 Å². The minimum absolute atomic E-state index is 0.0314. The zero-order valence-corrected chi connectivity index (χ0v) is 33.6. The number of fused-ring (bicyclic) bond motifs is 1. The molecule has 0 heterocycles. The van der Waals surface area contributed by atoms with Gasteiger partial charge in [-0.1, -0.05) is 60.3 Å². The number of hydrogen-bond donors (Lipinski definition) is 0. The summed E-state index contributed by atoms with van der Waals surface area (Å²) in [5.74, 6) is 1.70. The highest BCUT2D eigenvalue weighted by Gasteiger charge is 2.06. The second-order valence-corrected chi connectivity index (χ2v) is 14.2. The van der Waals surface area contributed by atoms with E-state index < -0.39 is 0 Å². The Kier molecular flexibility index (Phi) is 16.0. The molecule has 0 fully saturated rings. The van der Waals surface area contributed by atoms with Crippen molar-refractivity contribution in [2.45, 2.75) is 51.3 Å². The molecule has 0 bridgehead atoms. The van der Waals surface area contributed by atoms with Crippen LogP contribution in [0.3, 0.4) is 0 Å². The molecule has 6 rings (SSSR count). The van der Waals surface area contributed by atoms with E-state index in [-0.39, 0.29) is 34.7 Å². The number of ether oxygens (including phenoxy) is 2. The maximum Gasteiger partial charge on any atom is 0.159 e. The second-order valence-electron chi connectivity index (χ2n) is 13.0. The van der Waals surface area contributed by atoms with E-state index in [2.05, 4.69) is 0 Å². The van der Waals surface area contributed by atoms with Crippen molar-refractivity contribution in [3.05, 3.63) is 167 Å². The van der Waals surface area contributed by atoms with Crippen LogP contribution in [0.15, 0.2) is 143 Å². The molecule has 0 amide bonds. The molecule has 0 N–H and O–H groups in total. The number of hydrogen-bond acceptors (Lipinski definition) is 9. The molecular formula is C48H44O8S. The van der Waals surface area contributed by atoms with Crippen LogP contribution in [0.1, 0.15) is 104 Å². The lowest BCUT2D eigenvalue weighted by molar-refractivity contribution is 0.100. The summed E-state index contributed by atoms with van der Waals surface area (Å²) in [5.41, 5.74) is 4.15. The van der Waals surface area contributed by atoms with Crippen molar-refractivity contribution in [1.29, 1.82) is 0 Å². The molecule has 0 atom stereocenters. The summed E-state index contributed by atoms with van der Waals surface area (Å²) in [5, 5.41) is 1.97. The fourth-order valence-electron chi connectivity index (χ4n) is 5.23. The Hall–Kier alpha value is -6.45. The number of rotatable bonds is 13. The number of ketones is 6. The molecule has 0 spiro atoms. The molecular weight excluding hydrogens is 737 g/mol. The molecule has 6 aromatic carbocycles. The van der Waals surface area contributed by atoms with Crippen LogP contribution in [0.2, 0.25) is 0 Å². The summed E-state index contributed by atoms with van der Waals surface area (Å²) < 4.78 is 11.1. The molecule has 0 radical (unpaired) electrons. The topological polar surface area (TPSA) is 121 Å². The first-order chi connectivity index (χ1) is 27.2. The molecule has 0 unspecified atom stereocenters. The van der Waals surface area contributed by atoms with Gasteiger partial charge in [0.15, 0.2) is 34.7 Å². The second kappa shape index (κ2) is 21.0. The summed E-state index contributed by atoms with van der Waals surface area (Å²) in [7, 11) is 0. The van der Waals surface area contributed by atoms with Gasteiger partial charge in [-0.15, -0.1) is 0 Å². The molecule has 0 saturated heterocycles. The van der Waals surface area contributed by atoms with Crippen LogP contribution in [0, 0.1) is 0 Å². The van der Waals surface area contributed by atoms with Crippen LogP contribution >= 0.6 is 11.8 Å². The third kappa shape index (κ3) is 13.7. The van der Waals surface area contributed by atoms with Crippen LogP contribution in [0.5, 0.6) is 11.5 Å². The van der Waals surface area contributed by atoms with Gasteiger partial charge in [0.25, 0.3) is 0 Å². The van der Waals surface area contributed by atoms with E-state index in [0.29, 0.717) is 47.0 Å². The van der Waals surface area contributed by atoms with Crippen molar-refractivity contribution < 1.29 is 38.2 Å². The van der Waals surface area contributed by atoms with Crippen molar-refractivity contribution in [3.8, 4) is 11.5 Å². The number of Topliss-reactive ketones (excluding diaryl/α,β-unsaturated/α-hetero) is 6. The predicted octanol–water partition coefficient (Wildman–Crippen LogP) is 11.0. The maximum absolute atomic E-state index is 11.2. The van der Waals surface area contributed by atoms with Crippen LogP contribution in [-0.4, -0.2) is 47.9 Å². The lowest BCUT2D eigenvalue weighted by Gasteiger charge is -2.09. The van der Waals surface area contributed by atoms with Crippen molar-refractivity contribution in [2.75, 3.05) is 13.2 Å². The first-order valence-electron chi connectivity index (χ1n) is 18.1. The zero-order valence-electron chi connectivity index (χ0n) is 32.8. The lowest BCUT2D eigenvalue weighted by Crippen LogP contribution is -2.09. The standard InChI is InChI=1S/C18H18O4.C16H14O2S.C14H12O2/c1-13(19)15-3-7-17(8-4-15)21-11-12-22-18-9-5-16(6-10-18)14(2)20;1-11(17)13-3-7-15(8-4-13)19-16-9-5-14(6-10-16)12(2)18;1-9(15)11-3-5-14-8-12(10(2)16)4-6-13(14)7-11/h3-10H,11-12H2,1-2H3;3-10H,1-2H3;3-8H,1-2H3. The number of carbonyl (C=O) groups excluding carboxylic acids is 6. The molecule has 0 aliphatic rings. The minimum atomic E-state index is 0.0314. The van der Waals surface area contributed by atoms with Crippen molar-refractivity contribution in [1.82, 2.24) is 0 Å². The lowest BCUT2D eigenvalue weighted by atomic mass is 10.0. The Morgan fingerprint density at radius 2 is 0.596 bits per heavy atom. The Morgan fingerprint density at radius 1 is 0.351 bits per heavy atom. The SMILES string of the molecule is CC(=O)c1ccc(OCCOc2ccc(C(C)=O)cc2)cc1.CC(=O)c1ccc(Sc2ccc(C(C)=O)cc2)cc1.CC(=O)c1ccc2cc(C(C)=O)ccc2c1. The summed E-state index contributed by atoms with van der Waals surface area (Å²) in [6, 6.07) is 40.0. The van der Waals surface area contributed by atoms with Crippen molar-refractivity contribution in [3.63, 3.8) is 0 Å². The van der Waals surface area contributed by atoms with E-state index >= 15 is 0 Å². The molecule has 8 nitrogen and oxygen atoms in total. The van der Waals surface area contributed by atoms with Crippen molar-refractivity contribution in [2.24, 2.45) is 0 Å². The van der Waals surface area contributed by atoms with E-state index in [9.17, 15) is 28.8 Å². The first-order valence-corrected chi connectivity index (χ1v) is 18.9. The van der Waals surface area contributed by atoms with Gasteiger partial charge in [0.05, 0.1) is 0 Å². The monoisotopic (exact) mass is 780 g/mol. The zero-order chi connectivity index (χ0) is 41.5. The van der Waals surface area contributed by atoms with Gasteiger partial charge in [0, 0.05) is 43.2 Å². The van der Waals surface area contributed by atoms with E-state index in [1.807, 2.05) is 72.8 Å². The Bertz CT molecular complexity index is 2190. The first kappa shape index (κ1) is 43.3. The van der Waals surface area contributed by atoms with Gasteiger partial charge in [-0.2, -0.15) is 0 Å². The highest BCUT2D eigenvalue weighted by molar-refractivity contribution is 7.99. The quantitative estimate of drug-likeness (QED) is 0.0832. The summed E-state index contributed by atoms with van der Waals surface area (Å²) >= 11 is 1.61. The average molecular weight is 781 g/mol. The van der Waals surface area contributed by atoms with Crippen LogP contribution < -0.4 is 9.47 Å². The Morgan fingerprint density at radius 3 is 0.860 bits per heavy atom. The maximum atomic E-state index is 11.2. The van der Waals surface area contributed by atoms with Gasteiger partial charge in [-0.05, 0) is 137 Å². The highest BCUT2D eigenvalue weighted by atomic mass is 32.2.